The number of anilines is 1. The van der Waals surface area contributed by atoms with Gasteiger partial charge in [0.15, 0.2) is 0 Å². The van der Waals surface area contributed by atoms with Crippen molar-refractivity contribution in [2.75, 3.05) is 38.5 Å². The van der Waals surface area contributed by atoms with Crippen LogP contribution in [0.4, 0.5) is 14.9 Å². The van der Waals surface area contributed by atoms with E-state index in [4.69, 9.17) is 0 Å². The molecule has 0 radical (unpaired) electrons. The number of benzene rings is 1. The molecule has 0 unspecified atom stereocenters. The van der Waals surface area contributed by atoms with Crippen molar-refractivity contribution in [2.24, 2.45) is 5.92 Å². The molecule has 13 heteroatoms. The van der Waals surface area contributed by atoms with E-state index in [1.807, 2.05) is 20.9 Å². The molecule has 2 aromatic rings. The quantitative estimate of drug-likeness (QED) is 0.267. The summed E-state index contributed by atoms with van der Waals surface area (Å²) in [6.07, 6.45) is 9.00. The molecule has 2 heterocycles. The number of rotatable bonds is 11. The Labute approximate surface area is 282 Å². The summed E-state index contributed by atoms with van der Waals surface area (Å²) in [5.74, 6) is -2.39. The number of amides is 5. The van der Waals surface area contributed by atoms with Gasteiger partial charge in [-0.2, -0.15) is 5.10 Å². The largest absolute Gasteiger partial charge is 0.339 e. The Morgan fingerprint density at radius 3 is 2.21 bits per heavy atom. The first kappa shape index (κ1) is 35.3. The van der Waals surface area contributed by atoms with Crippen molar-refractivity contribution >= 4 is 29.4 Å². The zero-order chi connectivity index (χ0) is 34.4. The summed E-state index contributed by atoms with van der Waals surface area (Å²) in [5, 5.41) is 15.7. The summed E-state index contributed by atoms with van der Waals surface area (Å²) in [6.45, 7) is 8.20. The fraction of sp³-hybridized carbons (Fsp3) is 0.629. The van der Waals surface area contributed by atoms with Crippen molar-refractivity contribution in [2.45, 2.75) is 102 Å². The zero-order valence-corrected chi connectivity index (χ0v) is 28.6. The van der Waals surface area contributed by atoms with E-state index in [0.717, 1.165) is 64.5 Å². The molecule has 0 spiro atoms. The molecule has 3 aliphatic rings. The Morgan fingerprint density at radius 1 is 0.896 bits per heavy atom. The first-order valence-corrected chi connectivity index (χ1v) is 17.5. The van der Waals surface area contributed by atoms with E-state index >= 15 is 4.39 Å². The number of likely N-dealkylation sites (N-methyl/N-ethyl adjacent to an activating group) is 1. The second-order valence-corrected chi connectivity index (χ2v) is 14.0. The standard InChI is InChI=1S/C35H51FN8O4/c1-22(2)44-29(15-16-37-44)32(45)40-31(24-9-7-5-6-8-10-24)33(46)39-28-14-11-25(21-27(28)36)23(3)30(41-35(48)38-26-12-13-26)34(47)43-19-17-42(4)18-20-43/h11,14-16,21-24,26,30-31H,5-10,12-13,17-20H2,1-4H3,(H,39,46)(H,40,45)(H2,38,41,48)/t23-,30+,31-/m0/s1. The molecule has 3 atom stereocenters. The highest BCUT2D eigenvalue weighted by molar-refractivity contribution is 6.00. The number of urea groups is 1. The highest BCUT2D eigenvalue weighted by Crippen LogP contribution is 2.29. The van der Waals surface area contributed by atoms with Crippen molar-refractivity contribution in [3.63, 3.8) is 0 Å². The molecular weight excluding hydrogens is 615 g/mol. The number of carbonyl (C=O) groups excluding carboxylic acids is 4. The topological polar surface area (TPSA) is 141 Å². The predicted molar refractivity (Wildman–Crippen MR) is 181 cm³/mol. The van der Waals surface area contributed by atoms with Crippen molar-refractivity contribution in [1.82, 2.24) is 35.5 Å². The van der Waals surface area contributed by atoms with Gasteiger partial charge in [0, 0.05) is 50.4 Å². The molecule has 48 heavy (non-hydrogen) atoms. The molecule has 0 bridgehead atoms. The minimum atomic E-state index is -0.902. The molecule has 1 aromatic heterocycles. The molecule has 1 aromatic carbocycles. The monoisotopic (exact) mass is 666 g/mol. The maximum Gasteiger partial charge on any atom is 0.315 e. The van der Waals surface area contributed by atoms with Crippen LogP contribution in [0.2, 0.25) is 0 Å². The van der Waals surface area contributed by atoms with Crippen LogP contribution in [0.3, 0.4) is 0 Å². The number of piperazine rings is 1. The fourth-order valence-electron chi connectivity index (χ4n) is 6.70. The highest BCUT2D eigenvalue weighted by Gasteiger charge is 2.35. The molecule has 4 N–H and O–H groups in total. The Bertz CT molecular complexity index is 1440. The van der Waals surface area contributed by atoms with Gasteiger partial charge in [0.1, 0.15) is 23.6 Å². The van der Waals surface area contributed by atoms with Crippen LogP contribution < -0.4 is 21.3 Å². The lowest BCUT2D eigenvalue weighted by atomic mass is 9.90. The highest BCUT2D eigenvalue weighted by atomic mass is 19.1. The average molecular weight is 667 g/mol. The third kappa shape index (κ3) is 8.91. The van der Waals surface area contributed by atoms with Crippen LogP contribution in [-0.2, 0) is 9.59 Å². The molecule has 2 saturated carbocycles. The van der Waals surface area contributed by atoms with Crippen molar-refractivity contribution in [3.05, 3.63) is 47.5 Å². The van der Waals surface area contributed by atoms with E-state index in [0.29, 0.717) is 24.3 Å². The van der Waals surface area contributed by atoms with Crippen LogP contribution in [0, 0.1) is 11.7 Å². The fourth-order valence-corrected chi connectivity index (χ4v) is 6.70. The Hall–Kier alpha value is -4.00. The maximum absolute atomic E-state index is 15.8. The number of halogens is 1. The van der Waals surface area contributed by atoms with Crippen LogP contribution in [0.1, 0.15) is 100 Å². The smallest absolute Gasteiger partial charge is 0.315 e. The minimum Gasteiger partial charge on any atom is -0.339 e. The lowest BCUT2D eigenvalue weighted by Gasteiger charge is -2.36. The summed E-state index contributed by atoms with van der Waals surface area (Å²) in [4.78, 5) is 57.6. The summed E-state index contributed by atoms with van der Waals surface area (Å²) >= 11 is 0. The van der Waals surface area contributed by atoms with Gasteiger partial charge in [-0.15, -0.1) is 0 Å². The van der Waals surface area contributed by atoms with Gasteiger partial charge >= 0.3 is 6.03 Å². The van der Waals surface area contributed by atoms with Gasteiger partial charge in [-0.25, -0.2) is 9.18 Å². The van der Waals surface area contributed by atoms with Crippen LogP contribution in [0.25, 0.3) is 0 Å². The summed E-state index contributed by atoms with van der Waals surface area (Å²) in [6, 6.07) is 4.00. The van der Waals surface area contributed by atoms with E-state index in [2.05, 4.69) is 31.3 Å². The van der Waals surface area contributed by atoms with E-state index in [1.165, 1.54) is 12.1 Å². The summed E-state index contributed by atoms with van der Waals surface area (Å²) < 4.78 is 17.4. The van der Waals surface area contributed by atoms with Crippen LogP contribution >= 0.6 is 0 Å². The zero-order valence-electron chi connectivity index (χ0n) is 28.6. The van der Waals surface area contributed by atoms with Crippen molar-refractivity contribution < 1.29 is 23.6 Å². The summed E-state index contributed by atoms with van der Waals surface area (Å²) in [7, 11) is 2.00. The van der Waals surface area contributed by atoms with E-state index in [9.17, 15) is 19.2 Å². The number of hydrogen-bond donors (Lipinski definition) is 4. The average Bonchev–Trinajstić information content (AvgIpc) is 3.80. The van der Waals surface area contributed by atoms with Gasteiger partial charge in [0.05, 0.1) is 5.69 Å². The first-order valence-electron chi connectivity index (χ1n) is 17.5. The Morgan fingerprint density at radius 2 is 1.58 bits per heavy atom. The molecule has 262 valence electrons. The minimum absolute atomic E-state index is 0.0163. The lowest BCUT2D eigenvalue weighted by molar-refractivity contribution is -0.135. The number of nitrogens with zero attached hydrogens (tertiary/aromatic N) is 4. The first-order chi connectivity index (χ1) is 23.0. The lowest BCUT2D eigenvalue weighted by Crippen LogP contribution is -2.57. The SMILES string of the molecule is CC(C)n1nccc1C(=O)N[C@H](C(=O)Nc1ccc([C@H](C)[C@@H](NC(=O)NC2CC2)C(=O)N2CCN(C)CC2)cc1F)C1CCCCCC1. The molecule has 5 amide bonds. The van der Waals surface area contributed by atoms with Gasteiger partial charge in [0.2, 0.25) is 11.8 Å². The number of nitrogens with one attached hydrogen (secondary N) is 4. The molecule has 12 nitrogen and oxygen atoms in total. The second-order valence-electron chi connectivity index (χ2n) is 14.0. The van der Waals surface area contributed by atoms with Gasteiger partial charge in [-0.3, -0.25) is 19.1 Å². The number of hydrogen-bond acceptors (Lipinski definition) is 6. The third-order valence-electron chi connectivity index (χ3n) is 9.89. The molecule has 1 saturated heterocycles. The van der Waals surface area contributed by atoms with Gasteiger partial charge in [-0.05, 0) is 76.3 Å². The van der Waals surface area contributed by atoms with Gasteiger partial charge in [-0.1, -0.05) is 38.7 Å². The van der Waals surface area contributed by atoms with Crippen molar-refractivity contribution in [1.29, 1.82) is 0 Å². The van der Waals surface area contributed by atoms with Crippen molar-refractivity contribution in [3.8, 4) is 0 Å². The molecular formula is C35H51FN8O4. The Balaban J connectivity index is 1.32. The molecule has 1 aliphatic heterocycles. The Kier molecular flexibility index (Phi) is 11.7. The summed E-state index contributed by atoms with van der Waals surface area (Å²) in [5.41, 5.74) is 0.860. The molecule has 2 aliphatic carbocycles. The van der Waals surface area contributed by atoms with Gasteiger partial charge in [0.25, 0.3) is 5.91 Å². The van der Waals surface area contributed by atoms with Crippen LogP contribution in [0.5, 0.6) is 0 Å². The van der Waals surface area contributed by atoms with Crippen LogP contribution in [0.15, 0.2) is 30.5 Å². The van der Waals surface area contributed by atoms with E-state index < -0.39 is 41.7 Å². The predicted octanol–water partition coefficient (Wildman–Crippen LogP) is 4.02. The maximum atomic E-state index is 15.8. The number of carbonyl (C=O) groups is 4. The third-order valence-corrected chi connectivity index (χ3v) is 9.89. The van der Waals surface area contributed by atoms with E-state index in [-0.39, 0.29) is 29.6 Å². The number of aromatic nitrogens is 2. The van der Waals surface area contributed by atoms with Crippen LogP contribution in [-0.4, -0.2) is 94.7 Å². The van der Waals surface area contributed by atoms with Gasteiger partial charge < -0.3 is 31.1 Å². The molecule has 5 rings (SSSR count). The normalized spacial score (nSPS) is 19.6. The molecule has 3 fully saturated rings. The van der Waals surface area contributed by atoms with E-state index in [1.54, 1.807) is 34.8 Å². The second kappa shape index (κ2) is 15.9.